The molecule has 0 spiro atoms. The topological polar surface area (TPSA) is 22.3 Å². The van der Waals surface area contributed by atoms with Gasteiger partial charge in [0.25, 0.3) is 0 Å². The molecular weight excluding hydrogens is 683 g/mol. The van der Waals surface area contributed by atoms with Crippen LogP contribution in [0.4, 0.5) is 17.1 Å². The third kappa shape index (κ3) is 4.60. The first kappa shape index (κ1) is 30.9. The van der Waals surface area contributed by atoms with Gasteiger partial charge in [-0.2, -0.15) is 0 Å². The molecule has 0 atom stereocenters. The highest BCUT2D eigenvalue weighted by molar-refractivity contribution is 6.11. The number of ether oxygens (including phenoxy) is 1. The molecule has 0 amide bonds. The standard InChI is InChI=1S/C52H33N3O/c1-2-13-35-30-40(27-24-34(35)12-1)55-49-22-9-10-23-51(49)56-52-32-37(26-29-50(52)55)36-25-28-48-44(31-36)43-18-5-8-21-47(43)54(48)39-15-11-14-38(33-39)53-45-19-6-3-16-41(45)42-17-4-7-20-46(42)53/h1-33H. The van der Waals surface area contributed by atoms with Crippen LogP contribution in [0.15, 0.2) is 200 Å². The molecule has 0 radical (unpaired) electrons. The second-order valence-corrected chi connectivity index (χ2v) is 14.6. The summed E-state index contributed by atoms with van der Waals surface area (Å²) in [6.07, 6.45) is 0. The highest BCUT2D eigenvalue weighted by atomic mass is 16.5. The smallest absolute Gasteiger partial charge is 0.152 e. The molecular formula is C52H33N3O. The zero-order chi connectivity index (χ0) is 36.7. The molecule has 0 saturated heterocycles. The molecule has 0 bridgehead atoms. The summed E-state index contributed by atoms with van der Waals surface area (Å²) in [5, 5.41) is 7.38. The highest BCUT2D eigenvalue weighted by Gasteiger charge is 2.26. The first-order valence-electron chi connectivity index (χ1n) is 19.1. The molecule has 2 aromatic heterocycles. The fraction of sp³-hybridized carbons (Fsp3) is 0. The Balaban J connectivity index is 0.984. The lowest BCUT2D eigenvalue weighted by Crippen LogP contribution is -2.15. The fourth-order valence-electron chi connectivity index (χ4n) is 8.93. The molecule has 0 fully saturated rings. The Hall–Kier alpha value is -7.56. The van der Waals surface area contributed by atoms with Crippen molar-refractivity contribution in [3.63, 3.8) is 0 Å². The van der Waals surface area contributed by atoms with Gasteiger partial charge in [0.2, 0.25) is 0 Å². The molecule has 11 aromatic rings. The van der Waals surface area contributed by atoms with Crippen molar-refractivity contribution in [2.24, 2.45) is 0 Å². The Morgan fingerprint density at radius 3 is 1.59 bits per heavy atom. The van der Waals surface area contributed by atoms with Gasteiger partial charge < -0.3 is 18.8 Å². The molecule has 12 rings (SSSR count). The van der Waals surface area contributed by atoms with Crippen molar-refractivity contribution in [3.8, 4) is 34.0 Å². The Morgan fingerprint density at radius 1 is 0.304 bits per heavy atom. The summed E-state index contributed by atoms with van der Waals surface area (Å²) in [5.41, 5.74) is 12.4. The first-order valence-corrected chi connectivity index (χ1v) is 19.1. The van der Waals surface area contributed by atoms with E-state index in [0.29, 0.717) is 0 Å². The Labute approximate surface area is 323 Å². The van der Waals surface area contributed by atoms with Gasteiger partial charge in [0.15, 0.2) is 11.5 Å². The molecule has 0 unspecified atom stereocenters. The molecule has 56 heavy (non-hydrogen) atoms. The van der Waals surface area contributed by atoms with E-state index >= 15 is 0 Å². The van der Waals surface area contributed by atoms with E-state index in [1.165, 1.54) is 54.4 Å². The summed E-state index contributed by atoms with van der Waals surface area (Å²) in [7, 11) is 0. The number of hydrogen-bond donors (Lipinski definition) is 0. The number of rotatable bonds is 4. The molecule has 9 aromatic carbocycles. The van der Waals surface area contributed by atoms with Crippen LogP contribution in [0.2, 0.25) is 0 Å². The van der Waals surface area contributed by atoms with Crippen LogP contribution in [-0.2, 0) is 0 Å². The number of benzene rings is 9. The minimum Gasteiger partial charge on any atom is -0.453 e. The van der Waals surface area contributed by atoms with E-state index in [1.807, 2.05) is 6.07 Å². The molecule has 1 aliphatic heterocycles. The van der Waals surface area contributed by atoms with Gasteiger partial charge in [-0.25, -0.2) is 0 Å². The Bertz CT molecular complexity index is 3320. The average Bonchev–Trinajstić information content (AvgIpc) is 3.78. The third-order valence-corrected chi connectivity index (χ3v) is 11.5. The lowest BCUT2D eigenvalue weighted by molar-refractivity contribution is 0.477. The highest BCUT2D eigenvalue weighted by Crippen LogP contribution is 2.51. The Kier molecular flexibility index (Phi) is 6.60. The minimum absolute atomic E-state index is 0.832. The lowest BCUT2D eigenvalue weighted by Gasteiger charge is -2.33. The van der Waals surface area contributed by atoms with Gasteiger partial charge in [0, 0.05) is 38.6 Å². The second kappa shape index (κ2) is 12.0. The number of aromatic nitrogens is 2. The van der Waals surface area contributed by atoms with Crippen LogP contribution in [0, 0.1) is 0 Å². The van der Waals surface area contributed by atoms with Crippen LogP contribution in [0.5, 0.6) is 11.5 Å². The zero-order valence-electron chi connectivity index (χ0n) is 30.3. The molecule has 0 N–H and O–H groups in total. The summed E-state index contributed by atoms with van der Waals surface area (Å²) in [6, 6.07) is 72.0. The van der Waals surface area contributed by atoms with Crippen molar-refractivity contribution >= 4 is 71.4 Å². The van der Waals surface area contributed by atoms with E-state index in [4.69, 9.17) is 4.74 Å². The minimum atomic E-state index is 0.832. The van der Waals surface area contributed by atoms with Gasteiger partial charge in [-0.1, -0.05) is 115 Å². The Morgan fingerprint density at radius 2 is 0.857 bits per heavy atom. The van der Waals surface area contributed by atoms with Crippen LogP contribution in [-0.4, -0.2) is 9.13 Å². The van der Waals surface area contributed by atoms with Crippen molar-refractivity contribution in [2.45, 2.75) is 0 Å². The van der Waals surface area contributed by atoms with Gasteiger partial charge in [-0.3, -0.25) is 0 Å². The van der Waals surface area contributed by atoms with Crippen LogP contribution in [0.25, 0.3) is 76.9 Å². The predicted molar refractivity (Wildman–Crippen MR) is 233 cm³/mol. The van der Waals surface area contributed by atoms with E-state index in [2.05, 4.69) is 208 Å². The van der Waals surface area contributed by atoms with Crippen molar-refractivity contribution in [3.05, 3.63) is 200 Å². The average molecular weight is 716 g/mol. The molecule has 4 heteroatoms. The van der Waals surface area contributed by atoms with Crippen LogP contribution >= 0.6 is 0 Å². The quantitative estimate of drug-likeness (QED) is 0.181. The summed E-state index contributed by atoms with van der Waals surface area (Å²) in [5.74, 6) is 1.67. The molecule has 4 nitrogen and oxygen atoms in total. The van der Waals surface area contributed by atoms with Gasteiger partial charge in [0.1, 0.15) is 0 Å². The molecule has 262 valence electrons. The molecule has 0 saturated carbocycles. The largest absolute Gasteiger partial charge is 0.453 e. The van der Waals surface area contributed by atoms with Gasteiger partial charge in [-0.05, 0) is 107 Å². The maximum atomic E-state index is 6.65. The monoisotopic (exact) mass is 715 g/mol. The van der Waals surface area contributed by atoms with Gasteiger partial charge in [0.05, 0.1) is 33.4 Å². The molecule has 3 heterocycles. The maximum absolute atomic E-state index is 6.65. The van der Waals surface area contributed by atoms with Gasteiger partial charge in [-0.15, -0.1) is 0 Å². The van der Waals surface area contributed by atoms with E-state index < -0.39 is 0 Å². The van der Waals surface area contributed by atoms with E-state index in [-0.39, 0.29) is 0 Å². The lowest BCUT2D eigenvalue weighted by atomic mass is 10.0. The van der Waals surface area contributed by atoms with Crippen LogP contribution in [0.3, 0.4) is 0 Å². The van der Waals surface area contributed by atoms with Gasteiger partial charge >= 0.3 is 0 Å². The second-order valence-electron chi connectivity index (χ2n) is 14.6. The summed E-state index contributed by atoms with van der Waals surface area (Å²) < 4.78 is 11.4. The van der Waals surface area contributed by atoms with E-state index in [0.717, 1.165) is 51.1 Å². The summed E-state index contributed by atoms with van der Waals surface area (Å²) in [6.45, 7) is 0. The van der Waals surface area contributed by atoms with Crippen LogP contribution < -0.4 is 9.64 Å². The summed E-state index contributed by atoms with van der Waals surface area (Å²) in [4.78, 5) is 2.31. The van der Waals surface area contributed by atoms with E-state index in [1.54, 1.807) is 0 Å². The maximum Gasteiger partial charge on any atom is 0.152 e. The normalized spacial score (nSPS) is 12.4. The molecule has 0 aliphatic carbocycles. The van der Waals surface area contributed by atoms with Crippen molar-refractivity contribution in [2.75, 3.05) is 4.90 Å². The van der Waals surface area contributed by atoms with Crippen molar-refractivity contribution in [1.29, 1.82) is 0 Å². The zero-order valence-corrected chi connectivity index (χ0v) is 30.3. The third-order valence-electron chi connectivity index (χ3n) is 11.5. The predicted octanol–water partition coefficient (Wildman–Crippen LogP) is 14.3. The van der Waals surface area contributed by atoms with E-state index in [9.17, 15) is 0 Å². The number of fused-ring (bicyclic) bond motifs is 9. The number of hydrogen-bond acceptors (Lipinski definition) is 2. The number of anilines is 3. The van der Waals surface area contributed by atoms with Crippen molar-refractivity contribution in [1.82, 2.24) is 9.13 Å². The number of para-hydroxylation sites is 5. The fourth-order valence-corrected chi connectivity index (χ4v) is 8.93. The summed E-state index contributed by atoms with van der Waals surface area (Å²) >= 11 is 0. The number of nitrogens with zero attached hydrogens (tertiary/aromatic N) is 3. The molecule has 1 aliphatic rings. The first-order chi connectivity index (χ1) is 27.8. The van der Waals surface area contributed by atoms with Crippen molar-refractivity contribution < 1.29 is 4.74 Å². The SMILES string of the molecule is c1cc(-n2c3ccccc3c3ccccc32)cc(-n2c3ccccc3c3cc(-c4ccc5c(c4)Oc4ccccc4N5c4ccc5ccccc5c4)ccc32)c1. The van der Waals surface area contributed by atoms with Crippen LogP contribution in [0.1, 0.15) is 0 Å².